The summed E-state index contributed by atoms with van der Waals surface area (Å²) in [5.74, 6) is 0.841. The van der Waals surface area contributed by atoms with E-state index in [9.17, 15) is 9.59 Å². The number of ether oxygens (including phenoxy) is 1. The van der Waals surface area contributed by atoms with Gasteiger partial charge >= 0.3 is 6.03 Å². The average Bonchev–Trinajstić information content (AvgIpc) is 3.02. The standard InChI is InChI=1S/C21H27N5O3/c1-29-18-8-7-16(20(22)27)12-17(18)25-21(28)24-14-15-6-9-19(23-13-15)26-10-4-2-3-5-11-26/h6-9,12-13H,2-5,10-11,14H2,1H3,(H2,22,27)(H2,24,25,28). The van der Waals surface area contributed by atoms with Crippen LogP contribution in [0, 0.1) is 0 Å². The number of benzene rings is 1. The SMILES string of the molecule is COc1ccc(C(N)=O)cc1NC(=O)NCc1ccc(N2CCCCCC2)nc1. The van der Waals surface area contributed by atoms with Crippen LogP contribution in [-0.2, 0) is 6.54 Å². The number of nitrogens with two attached hydrogens (primary N) is 1. The van der Waals surface area contributed by atoms with E-state index in [0.29, 0.717) is 18.0 Å². The van der Waals surface area contributed by atoms with Crippen molar-refractivity contribution in [2.75, 3.05) is 30.4 Å². The molecule has 3 rings (SSSR count). The summed E-state index contributed by atoms with van der Waals surface area (Å²) in [6, 6.07) is 8.17. The Morgan fingerprint density at radius 2 is 1.90 bits per heavy atom. The first kappa shape index (κ1) is 20.4. The van der Waals surface area contributed by atoms with Crippen LogP contribution in [0.5, 0.6) is 5.75 Å². The fourth-order valence-electron chi connectivity index (χ4n) is 3.32. The van der Waals surface area contributed by atoms with E-state index in [0.717, 1.165) is 24.5 Å². The Kier molecular flexibility index (Phi) is 6.89. The first-order chi connectivity index (χ1) is 14.1. The Morgan fingerprint density at radius 3 is 2.52 bits per heavy atom. The van der Waals surface area contributed by atoms with Crippen molar-refractivity contribution in [3.8, 4) is 5.75 Å². The van der Waals surface area contributed by atoms with Crippen molar-refractivity contribution in [3.05, 3.63) is 47.7 Å². The molecule has 1 aromatic heterocycles. The number of anilines is 2. The number of amides is 3. The molecule has 0 spiro atoms. The Morgan fingerprint density at radius 1 is 1.14 bits per heavy atom. The third-order valence-corrected chi connectivity index (χ3v) is 4.92. The fraction of sp³-hybridized carbons (Fsp3) is 0.381. The minimum Gasteiger partial charge on any atom is -0.495 e. The van der Waals surface area contributed by atoms with Crippen LogP contribution in [0.3, 0.4) is 0 Å². The third-order valence-electron chi connectivity index (χ3n) is 4.92. The highest BCUT2D eigenvalue weighted by molar-refractivity contribution is 5.97. The summed E-state index contributed by atoms with van der Waals surface area (Å²) in [5.41, 5.74) is 6.85. The van der Waals surface area contributed by atoms with Gasteiger partial charge in [0.05, 0.1) is 12.8 Å². The molecule has 29 heavy (non-hydrogen) atoms. The second-order valence-corrected chi connectivity index (χ2v) is 7.01. The molecule has 2 aromatic rings. The van der Waals surface area contributed by atoms with E-state index >= 15 is 0 Å². The Labute approximate surface area is 170 Å². The lowest BCUT2D eigenvalue weighted by Crippen LogP contribution is -2.29. The molecule has 1 saturated heterocycles. The monoisotopic (exact) mass is 397 g/mol. The number of carbonyl (C=O) groups excluding carboxylic acids is 2. The van der Waals surface area contributed by atoms with Gasteiger partial charge in [-0.25, -0.2) is 9.78 Å². The number of aromatic nitrogens is 1. The van der Waals surface area contributed by atoms with Crippen LogP contribution >= 0.6 is 0 Å². The van der Waals surface area contributed by atoms with E-state index in [1.807, 2.05) is 12.1 Å². The molecule has 154 valence electrons. The van der Waals surface area contributed by atoms with E-state index in [4.69, 9.17) is 10.5 Å². The Balaban J connectivity index is 1.56. The van der Waals surface area contributed by atoms with Crippen LogP contribution in [0.15, 0.2) is 36.5 Å². The summed E-state index contributed by atoms with van der Waals surface area (Å²) in [6.45, 7) is 2.41. The third kappa shape index (κ3) is 5.60. The van der Waals surface area contributed by atoms with Crippen LogP contribution in [0.1, 0.15) is 41.6 Å². The quantitative estimate of drug-likeness (QED) is 0.694. The van der Waals surface area contributed by atoms with Crippen LogP contribution in [0.4, 0.5) is 16.3 Å². The maximum absolute atomic E-state index is 12.3. The fourth-order valence-corrected chi connectivity index (χ4v) is 3.32. The van der Waals surface area contributed by atoms with E-state index in [2.05, 4.69) is 20.5 Å². The average molecular weight is 397 g/mol. The van der Waals surface area contributed by atoms with Crippen molar-refractivity contribution < 1.29 is 14.3 Å². The van der Waals surface area contributed by atoms with Gasteiger partial charge in [0.1, 0.15) is 11.6 Å². The van der Waals surface area contributed by atoms with Gasteiger partial charge in [-0.05, 0) is 42.7 Å². The molecule has 0 atom stereocenters. The van der Waals surface area contributed by atoms with Crippen molar-refractivity contribution in [1.29, 1.82) is 0 Å². The first-order valence-corrected chi connectivity index (χ1v) is 9.79. The van der Waals surface area contributed by atoms with Gasteiger partial charge in [-0.2, -0.15) is 0 Å². The van der Waals surface area contributed by atoms with Crippen LogP contribution in [-0.4, -0.2) is 37.1 Å². The molecule has 4 N–H and O–H groups in total. The summed E-state index contributed by atoms with van der Waals surface area (Å²) in [7, 11) is 1.49. The predicted octanol–water partition coefficient (Wildman–Crippen LogP) is 2.89. The molecule has 8 heteroatoms. The maximum Gasteiger partial charge on any atom is 0.319 e. The number of hydrogen-bond donors (Lipinski definition) is 3. The van der Waals surface area contributed by atoms with Gasteiger partial charge in [-0.15, -0.1) is 0 Å². The molecule has 1 aliphatic heterocycles. The number of hydrogen-bond acceptors (Lipinski definition) is 5. The smallest absolute Gasteiger partial charge is 0.319 e. The first-order valence-electron chi connectivity index (χ1n) is 9.79. The molecule has 1 aromatic carbocycles. The second kappa shape index (κ2) is 9.77. The summed E-state index contributed by atoms with van der Waals surface area (Å²) in [5, 5.41) is 5.47. The van der Waals surface area contributed by atoms with E-state index in [1.54, 1.807) is 18.3 Å². The second-order valence-electron chi connectivity index (χ2n) is 7.01. The van der Waals surface area contributed by atoms with Crippen molar-refractivity contribution in [1.82, 2.24) is 10.3 Å². The highest BCUT2D eigenvalue weighted by atomic mass is 16.5. The molecule has 0 bridgehead atoms. The van der Waals surface area contributed by atoms with Crippen molar-refractivity contribution in [2.24, 2.45) is 5.73 Å². The highest BCUT2D eigenvalue weighted by Gasteiger charge is 2.12. The number of urea groups is 1. The lowest BCUT2D eigenvalue weighted by atomic mass is 10.2. The van der Waals surface area contributed by atoms with Crippen LogP contribution < -0.4 is 26.0 Å². The molecule has 2 heterocycles. The van der Waals surface area contributed by atoms with Crippen molar-refractivity contribution >= 4 is 23.4 Å². The van der Waals surface area contributed by atoms with Gasteiger partial charge in [-0.3, -0.25) is 4.79 Å². The van der Waals surface area contributed by atoms with E-state index in [-0.39, 0.29) is 5.56 Å². The molecule has 0 radical (unpaired) electrons. The molecule has 0 unspecified atom stereocenters. The number of methoxy groups -OCH3 is 1. The molecule has 3 amide bonds. The number of nitrogens with one attached hydrogen (secondary N) is 2. The summed E-state index contributed by atoms with van der Waals surface area (Å²) < 4.78 is 5.21. The number of primary amides is 1. The number of carbonyl (C=O) groups is 2. The van der Waals surface area contributed by atoms with E-state index in [1.165, 1.54) is 38.9 Å². The van der Waals surface area contributed by atoms with Gasteiger partial charge < -0.3 is 26.0 Å². The molecule has 1 fully saturated rings. The number of nitrogens with zero attached hydrogens (tertiary/aromatic N) is 2. The minimum absolute atomic E-state index is 0.286. The Bertz CT molecular complexity index is 846. The number of pyridine rings is 1. The molecule has 0 saturated carbocycles. The Hall–Kier alpha value is -3.29. The molecule has 0 aliphatic carbocycles. The topological polar surface area (TPSA) is 110 Å². The highest BCUT2D eigenvalue weighted by Crippen LogP contribution is 2.25. The zero-order valence-electron chi connectivity index (χ0n) is 16.6. The zero-order valence-corrected chi connectivity index (χ0v) is 16.6. The maximum atomic E-state index is 12.3. The minimum atomic E-state index is -0.577. The van der Waals surface area contributed by atoms with Gasteiger partial charge in [0.25, 0.3) is 0 Å². The number of rotatable bonds is 6. The van der Waals surface area contributed by atoms with Crippen LogP contribution in [0.2, 0.25) is 0 Å². The lowest BCUT2D eigenvalue weighted by molar-refractivity contribution is 0.1000. The van der Waals surface area contributed by atoms with Gasteiger partial charge in [0, 0.05) is 31.4 Å². The van der Waals surface area contributed by atoms with Gasteiger partial charge in [0.15, 0.2) is 0 Å². The van der Waals surface area contributed by atoms with Crippen LogP contribution in [0.25, 0.3) is 0 Å². The largest absolute Gasteiger partial charge is 0.495 e. The molecule has 8 nitrogen and oxygen atoms in total. The normalized spacial score (nSPS) is 14.0. The molecular weight excluding hydrogens is 370 g/mol. The van der Waals surface area contributed by atoms with Crippen molar-refractivity contribution in [3.63, 3.8) is 0 Å². The molecular formula is C21H27N5O3. The van der Waals surface area contributed by atoms with Gasteiger partial charge in [-0.1, -0.05) is 18.9 Å². The summed E-state index contributed by atoms with van der Waals surface area (Å²) in [6.07, 6.45) is 6.74. The lowest BCUT2D eigenvalue weighted by Gasteiger charge is -2.21. The van der Waals surface area contributed by atoms with E-state index < -0.39 is 11.9 Å². The zero-order chi connectivity index (χ0) is 20.6. The predicted molar refractivity (Wildman–Crippen MR) is 112 cm³/mol. The summed E-state index contributed by atoms with van der Waals surface area (Å²) in [4.78, 5) is 30.5. The van der Waals surface area contributed by atoms with Crippen molar-refractivity contribution in [2.45, 2.75) is 32.2 Å². The van der Waals surface area contributed by atoms with Gasteiger partial charge in [0.2, 0.25) is 5.91 Å². The summed E-state index contributed by atoms with van der Waals surface area (Å²) >= 11 is 0. The molecule has 1 aliphatic rings.